The van der Waals surface area contributed by atoms with Crippen molar-refractivity contribution in [3.8, 4) is 0 Å². The second-order valence-corrected chi connectivity index (χ2v) is 8.45. The second kappa shape index (κ2) is 6.60. The fraction of sp³-hybridized carbons (Fsp3) is 0.0833. The van der Waals surface area contributed by atoms with Gasteiger partial charge >= 0.3 is 0 Å². The molecule has 0 fully saturated rings. The number of hydrogen-bond donors (Lipinski definition) is 2. The van der Waals surface area contributed by atoms with Crippen LogP contribution in [0.1, 0.15) is 10.4 Å². The van der Waals surface area contributed by atoms with Crippen LogP contribution in [0.4, 0.5) is 0 Å². The quantitative estimate of drug-likeness (QED) is 0.781. The standard InChI is InChI=1S/C12H10Cl2N2O2S3/c13-10-5-8(2-3-9(10)12(15)19)21(17,18)16-6-7-1-4-11(14)20-7/h1-5,16H,6H2,(H2,15,19). The molecular weight excluding hydrogens is 371 g/mol. The Labute approximate surface area is 141 Å². The lowest BCUT2D eigenvalue weighted by molar-refractivity contribution is 0.582. The van der Waals surface area contributed by atoms with Crippen molar-refractivity contribution in [2.24, 2.45) is 5.73 Å². The van der Waals surface area contributed by atoms with Gasteiger partial charge in [-0.05, 0) is 30.3 Å². The van der Waals surface area contributed by atoms with Crippen molar-refractivity contribution < 1.29 is 8.42 Å². The highest BCUT2D eigenvalue weighted by Crippen LogP contribution is 2.23. The number of sulfonamides is 1. The van der Waals surface area contributed by atoms with Crippen LogP contribution in [-0.4, -0.2) is 13.4 Å². The molecule has 1 heterocycles. The molecule has 0 saturated carbocycles. The average Bonchev–Trinajstić information content (AvgIpc) is 2.82. The topological polar surface area (TPSA) is 72.2 Å². The lowest BCUT2D eigenvalue weighted by Crippen LogP contribution is -2.23. The van der Waals surface area contributed by atoms with Gasteiger partial charge in [0.1, 0.15) is 4.99 Å². The fourth-order valence-electron chi connectivity index (χ4n) is 1.56. The number of halogens is 2. The molecular formula is C12H10Cl2N2O2S3. The van der Waals surface area contributed by atoms with Gasteiger partial charge in [-0.15, -0.1) is 11.3 Å². The molecule has 0 unspecified atom stereocenters. The Balaban J connectivity index is 2.19. The van der Waals surface area contributed by atoms with E-state index in [4.69, 9.17) is 41.2 Å². The molecule has 0 saturated heterocycles. The van der Waals surface area contributed by atoms with Crippen LogP contribution in [0.15, 0.2) is 35.2 Å². The van der Waals surface area contributed by atoms with Gasteiger partial charge in [-0.1, -0.05) is 35.4 Å². The number of nitrogens with one attached hydrogen (secondary N) is 1. The summed E-state index contributed by atoms with van der Waals surface area (Å²) >= 11 is 17.9. The Morgan fingerprint density at radius 1 is 1.29 bits per heavy atom. The Bertz CT molecular complexity index is 788. The molecule has 0 radical (unpaired) electrons. The van der Waals surface area contributed by atoms with Gasteiger partial charge in [0.25, 0.3) is 0 Å². The number of thiophene rings is 1. The molecule has 21 heavy (non-hydrogen) atoms. The van der Waals surface area contributed by atoms with Crippen molar-refractivity contribution in [1.29, 1.82) is 0 Å². The lowest BCUT2D eigenvalue weighted by atomic mass is 10.2. The van der Waals surface area contributed by atoms with E-state index in [0.29, 0.717) is 9.90 Å². The highest BCUT2D eigenvalue weighted by Gasteiger charge is 2.16. The van der Waals surface area contributed by atoms with Crippen LogP contribution in [-0.2, 0) is 16.6 Å². The van der Waals surface area contributed by atoms with Crippen molar-refractivity contribution in [2.75, 3.05) is 0 Å². The molecule has 3 N–H and O–H groups in total. The molecule has 9 heteroatoms. The number of benzene rings is 1. The largest absolute Gasteiger partial charge is 0.389 e. The minimum absolute atomic E-state index is 0.0511. The minimum atomic E-state index is -3.67. The molecule has 2 rings (SSSR count). The monoisotopic (exact) mass is 380 g/mol. The molecule has 0 atom stereocenters. The van der Waals surface area contributed by atoms with Crippen molar-refractivity contribution >= 4 is 61.8 Å². The first-order valence-corrected chi connectivity index (χ1v) is 9.09. The molecule has 0 aliphatic heterocycles. The molecule has 0 aliphatic carbocycles. The van der Waals surface area contributed by atoms with E-state index in [-0.39, 0.29) is 21.5 Å². The van der Waals surface area contributed by atoms with E-state index < -0.39 is 10.0 Å². The summed E-state index contributed by atoms with van der Waals surface area (Å²) in [7, 11) is -3.67. The molecule has 112 valence electrons. The molecule has 4 nitrogen and oxygen atoms in total. The Hall–Kier alpha value is -0.700. The van der Waals surface area contributed by atoms with Gasteiger partial charge in [-0.25, -0.2) is 13.1 Å². The predicted octanol–water partition coefficient (Wildman–Crippen LogP) is 3.17. The van der Waals surface area contributed by atoms with Gasteiger partial charge < -0.3 is 5.73 Å². The Morgan fingerprint density at radius 2 is 2.00 bits per heavy atom. The first-order valence-electron chi connectivity index (χ1n) is 5.63. The van der Waals surface area contributed by atoms with Crippen LogP contribution in [0.2, 0.25) is 9.36 Å². The summed E-state index contributed by atoms with van der Waals surface area (Å²) in [6.45, 7) is 0.161. The van der Waals surface area contributed by atoms with Gasteiger partial charge in [0.15, 0.2) is 0 Å². The molecule has 0 aliphatic rings. The summed E-state index contributed by atoms with van der Waals surface area (Å²) in [6.07, 6.45) is 0. The minimum Gasteiger partial charge on any atom is -0.389 e. The van der Waals surface area contributed by atoms with Crippen LogP contribution in [0.5, 0.6) is 0 Å². The Morgan fingerprint density at radius 3 is 2.52 bits per heavy atom. The summed E-state index contributed by atoms with van der Waals surface area (Å²) in [5, 5.41) is 0.199. The van der Waals surface area contributed by atoms with Gasteiger partial charge in [-0.2, -0.15) is 0 Å². The van der Waals surface area contributed by atoms with Crippen LogP contribution in [0.25, 0.3) is 0 Å². The molecule has 1 aromatic heterocycles. The average molecular weight is 381 g/mol. The maximum Gasteiger partial charge on any atom is 0.240 e. The predicted molar refractivity (Wildman–Crippen MR) is 90.7 cm³/mol. The molecule has 0 amide bonds. The van der Waals surface area contributed by atoms with E-state index >= 15 is 0 Å². The summed E-state index contributed by atoms with van der Waals surface area (Å²) < 4.78 is 27.5. The molecule has 0 spiro atoms. The SMILES string of the molecule is NC(=S)c1ccc(S(=O)(=O)NCc2ccc(Cl)s2)cc1Cl. The molecule has 1 aromatic carbocycles. The van der Waals surface area contributed by atoms with Gasteiger partial charge in [0, 0.05) is 17.0 Å². The van der Waals surface area contributed by atoms with Crippen molar-refractivity contribution in [2.45, 2.75) is 11.4 Å². The zero-order chi connectivity index (χ0) is 15.6. The third kappa shape index (κ3) is 4.15. The normalized spacial score (nSPS) is 11.5. The van der Waals surface area contributed by atoms with E-state index in [1.807, 2.05) is 0 Å². The number of rotatable bonds is 5. The van der Waals surface area contributed by atoms with Crippen LogP contribution < -0.4 is 10.5 Å². The highest BCUT2D eigenvalue weighted by atomic mass is 35.5. The van der Waals surface area contributed by atoms with Gasteiger partial charge in [0.05, 0.1) is 14.3 Å². The fourth-order valence-corrected chi connectivity index (χ4v) is 4.29. The first-order chi connectivity index (χ1) is 9.79. The van der Waals surface area contributed by atoms with E-state index in [1.165, 1.54) is 29.5 Å². The van der Waals surface area contributed by atoms with Gasteiger partial charge in [0.2, 0.25) is 10.0 Å². The third-order valence-corrected chi connectivity index (χ3v) is 5.74. The number of nitrogens with two attached hydrogens (primary N) is 1. The van der Waals surface area contributed by atoms with E-state index in [0.717, 1.165) is 4.88 Å². The van der Waals surface area contributed by atoms with E-state index in [2.05, 4.69) is 4.72 Å². The van der Waals surface area contributed by atoms with Crippen LogP contribution in [0.3, 0.4) is 0 Å². The van der Waals surface area contributed by atoms with E-state index in [9.17, 15) is 8.42 Å². The summed E-state index contributed by atoms with van der Waals surface area (Å²) in [5.41, 5.74) is 5.92. The van der Waals surface area contributed by atoms with Crippen molar-refractivity contribution in [3.63, 3.8) is 0 Å². The number of thiocarbonyl (C=S) groups is 1. The first kappa shape index (κ1) is 16.7. The summed E-state index contributed by atoms with van der Waals surface area (Å²) in [4.78, 5) is 0.981. The lowest BCUT2D eigenvalue weighted by Gasteiger charge is -2.08. The molecule has 0 bridgehead atoms. The van der Waals surface area contributed by atoms with Crippen LogP contribution in [0, 0.1) is 0 Å². The maximum absolute atomic E-state index is 12.2. The third-order valence-electron chi connectivity index (χ3n) is 2.58. The second-order valence-electron chi connectivity index (χ2n) is 4.04. The van der Waals surface area contributed by atoms with Crippen molar-refractivity contribution in [1.82, 2.24) is 4.72 Å². The zero-order valence-electron chi connectivity index (χ0n) is 10.5. The Kier molecular flexibility index (Phi) is 5.24. The highest BCUT2D eigenvalue weighted by molar-refractivity contribution is 7.89. The summed E-state index contributed by atoms with van der Waals surface area (Å²) in [5.74, 6) is 0. The van der Waals surface area contributed by atoms with Crippen LogP contribution >= 0.6 is 46.8 Å². The smallest absolute Gasteiger partial charge is 0.240 e. The van der Waals surface area contributed by atoms with Gasteiger partial charge in [-0.3, -0.25) is 0 Å². The zero-order valence-corrected chi connectivity index (χ0v) is 14.4. The summed E-state index contributed by atoms with van der Waals surface area (Å²) in [6, 6.07) is 7.69. The molecule has 2 aromatic rings. The van der Waals surface area contributed by atoms with E-state index in [1.54, 1.807) is 12.1 Å². The maximum atomic E-state index is 12.2. The van der Waals surface area contributed by atoms with Crippen molar-refractivity contribution in [3.05, 3.63) is 50.1 Å². The number of hydrogen-bond acceptors (Lipinski definition) is 4.